The van der Waals surface area contributed by atoms with Gasteiger partial charge in [-0.05, 0) is 43.4 Å². The predicted molar refractivity (Wildman–Crippen MR) is 59.7 cm³/mol. The van der Waals surface area contributed by atoms with E-state index in [2.05, 4.69) is 19.1 Å². The van der Waals surface area contributed by atoms with Gasteiger partial charge in [0, 0.05) is 0 Å². The normalized spacial score (nSPS) is 37.3. The molecule has 0 saturated heterocycles. The largest absolute Gasteiger partial charge is 0.0882 e. The summed E-state index contributed by atoms with van der Waals surface area (Å²) in [5.41, 5.74) is 0. The lowest BCUT2D eigenvalue weighted by atomic mass is 9.70. The lowest BCUT2D eigenvalue weighted by Crippen LogP contribution is -2.24. The van der Waals surface area contributed by atoms with Crippen molar-refractivity contribution in [2.45, 2.75) is 52.9 Å². The van der Waals surface area contributed by atoms with E-state index in [4.69, 9.17) is 0 Å². The quantitative estimate of drug-likeness (QED) is 0.484. The standard InChI is InChI=1S/C11H18.C2H6/c1-9-6-7-10-4-2-3-5-11(10)8-9;1-2/h2-3,9-11H,4-8H2,1H3;1-2H3. The van der Waals surface area contributed by atoms with Gasteiger partial charge in [0.05, 0.1) is 0 Å². The molecule has 0 heteroatoms. The van der Waals surface area contributed by atoms with E-state index in [-0.39, 0.29) is 0 Å². The SMILES string of the molecule is CC.CC1CCC2CC=CCC2C1. The Morgan fingerprint density at radius 1 is 0.923 bits per heavy atom. The summed E-state index contributed by atoms with van der Waals surface area (Å²) in [5.74, 6) is 3.10. The maximum Gasteiger partial charge on any atom is -0.0319 e. The van der Waals surface area contributed by atoms with Gasteiger partial charge in [-0.25, -0.2) is 0 Å². The van der Waals surface area contributed by atoms with E-state index < -0.39 is 0 Å². The van der Waals surface area contributed by atoms with Gasteiger partial charge in [-0.15, -0.1) is 0 Å². The van der Waals surface area contributed by atoms with Crippen LogP contribution in [0.2, 0.25) is 0 Å². The molecule has 2 rings (SSSR count). The molecular formula is C13H24. The van der Waals surface area contributed by atoms with Gasteiger partial charge in [0.2, 0.25) is 0 Å². The van der Waals surface area contributed by atoms with Crippen molar-refractivity contribution in [1.82, 2.24) is 0 Å². The third-order valence-corrected chi connectivity index (χ3v) is 3.45. The molecule has 0 bridgehead atoms. The second kappa shape index (κ2) is 5.47. The minimum Gasteiger partial charge on any atom is -0.0882 e. The van der Waals surface area contributed by atoms with Crippen LogP contribution in [0.25, 0.3) is 0 Å². The first-order valence-corrected chi connectivity index (χ1v) is 6.01. The second-order valence-corrected chi connectivity index (χ2v) is 4.38. The van der Waals surface area contributed by atoms with Crippen LogP contribution in [-0.4, -0.2) is 0 Å². The minimum atomic E-state index is 1.00. The van der Waals surface area contributed by atoms with Gasteiger partial charge in [-0.3, -0.25) is 0 Å². The first kappa shape index (κ1) is 10.8. The summed E-state index contributed by atoms with van der Waals surface area (Å²) in [7, 11) is 0. The molecule has 1 fully saturated rings. The molecule has 0 radical (unpaired) electrons. The fourth-order valence-electron chi connectivity index (χ4n) is 2.70. The van der Waals surface area contributed by atoms with Gasteiger partial charge in [0.1, 0.15) is 0 Å². The van der Waals surface area contributed by atoms with Crippen molar-refractivity contribution in [3.8, 4) is 0 Å². The smallest absolute Gasteiger partial charge is 0.0319 e. The van der Waals surface area contributed by atoms with Crippen LogP contribution in [-0.2, 0) is 0 Å². The number of fused-ring (bicyclic) bond motifs is 1. The highest BCUT2D eigenvalue weighted by atomic mass is 14.3. The molecule has 0 aliphatic heterocycles. The van der Waals surface area contributed by atoms with Crippen molar-refractivity contribution >= 4 is 0 Å². The van der Waals surface area contributed by atoms with Crippen LogP contribution >= 0.6 is 0 Å². The molecule has 0 heterocycles. The van der Waals surface area contributed by atoms with Crippen LogP contribution < -0.4 is 0 Å². The molecule has 76 valence electrons. The van der Waals surface area contributed by atoms with Crippen LogP contribution in [0.1, 0.15) is 52.9 Å². The fourth-order valence-corrected chi connectivity index (χ4v) is 2.70. The Morgan fingerprint density at radius 3 is 2.23 bits per heavy atom. The van der Waals surface area contributed by atoms with Gasteiger partial charge >= 0.3 is 0 Å². The van der Waals surface area contributed by atoms with E-state index in [9.17, 15) is 0 Å². The number of rotatable bonds is 0. The second-order valence-electron chi connectivity index (χ2n) is 4.38. The van der Waals surface area contributed by atoms with Gasteiger partial charge in [0.25, 0.3) is 0 Å². The molecule has 0 spiro atoms. The number of allylic oxidation sites excluding steroid dienone is 2. The van der Waals surface area contributed by atoms with Crippen LogP contribution in [0.3, 0.4) is 0 Å². The first-order valence-electron chi connectivity index (χ1n) is 6.01. The molecule has 13 heavy (non-hydrogen) atoms. The minimum absolute atomic E-state index is 1.00. The van der Waals surface area contributed by atoms with Crippen LogP contribution in [0.5, 0.6) is 0 Å². The molecule has 0 amide bonds. The highest BCUT2D eigenvalue weighted by molar-refractivity contribution is 4.96. The molecule has 2 aliphatic rings. The molecule has 2 aliphatic carbocycles. The first-order chi connectivity index (χ1) is 6.36. The Morgan fingerprint density at radius 2 is 1.54 bits per heavy atom. The summed E-state index contributed by atoms with van der Waals surface area (Å²) in [5, 5.41) is 0. The molecule has 3 unspecified atom stereocenters. The molecule has 3 atom stereocenters. The molecular weight excluding hydrogens is 156 g/mol. The van der Waals surface area contributed by atoms with Gasteiger partial charge in [0.15, 0.2) is 0 Å². The Balaban J connectivity index is 0.000000396. The third-order valence-electron chi connectivity index (χ3n) is 3.45. The fraction of sp³-hybridized carbons (Fsp3) is 0.846. The summed E-state index contributed by atoms with van der Waals surface area (Å²) in [6, 6.07) is 0. The monoisotopic (exact) mass is 180 g/mol. The zero-order chi connectivity index (χ0) is 9.68. The van der Waals surface area contributed by atoms with E-state index in [0.717, 1.165) is 17.8 Å². The lowest BCUT2D eigenvalue weighted by molar-refractivity contribution is 0.185. The summed E-state index contributed by atoms with van der Waals surface area (Å²) in [6.45, 7) is 6.41. The molecule has 1 saturated carbocycles. The van der Waals surface area contributed by atoms with Crippen LogP contribution in [0.15, 0.2) is 12.2 Å². The van der Waals surface area contributed by atoms with E-state index in [1.165, 1.54) is 32.1 Å². The van der Waals surface area contributed by atoms with Crippen molar-refractivity contribution in [3.05, 3.63) is 12.2 Å². The molecule has 0 aromatic carbocycles. The Bertz CT molecular complexity index is 157. The molecule has 0 aromatic rings. The maximum atomic E-state index is 2.41. The van der Waals surface area contributed by atoms with E-state index >= 15 is 0 Å². The average Bonchev–Trinajstić information content (AvgIpc) is 2.21. The zero-order valence-electron chi connectivity index (χ0n) is 9.42. The van der Waals surface area contributed by atoms with Crippen molar-refractivity contribution in [3.63, 3.8) is 0 Å². The van der Waals surface area contributed by atoms with Crippen molar-refractivity contribution in [2.75, 3.05) is 0 Å². The van der Waals surface area contributed by atoms with Gasteiger partial charge in [-0.1, -0.05) is 39.3 Å². The van der Waals surface area contributed by atoms with Gasteiger partial charge < -0.3 is 0 Å². The number of hydrogen-bond donors (Lipinski definition) is 0. The Hall–Kier alpha value is -0.260. The van der Waals surface area contributed by atoms with Gasteiger partial charge in [-0.2, -0.15) is 0 Å². The average molecular weight is 180 g/mol. The highest BCUT2D eigenvalue weighted by Gasteiger charge is 2.28. The molecule has 0 N–H and O–H groups in total. The predicted octanol–water partition coefficient (Wildman–Crippen LogP) is 4.42. The van der Waals surface area contributed by atoms with Crippen molar-refractivity contribution in [1.29, 1.82) is 0 Å². The van der Waals surface area contributed by atoms with E-state index in [0.29, 0.717) is 0 Å². The topological polar surface area (TPSA) is 0 Å². The van der Waals surface area contributed by atoms with Crippen LogP contribution in [0, 0.1) is 17.8 Å². The van der Waals surface area contributed by atoms with Crippen molar-refractivity contribution in [2.24, 2.45) is 17.8 Å². The summed E-state index contributed by atoms with van der Waals surface area (Å²) in [6.07, 6.45) is 12.0. The lowest BCUT2D eigenvalue weighted by Gasteiger charge is -2.35. The third kappa shape index (κ3) is 2.86. The maximum absolute atomic E-state index is 2.41. The molecule has 0 aromatic heterocycles. The van der Waals surface area contributed by atoms with E-state index in [1.807, 2.05) is 13.8 Å². The summed E-state index contributed by atoms with van der Waals surface area (Å²) in [4.78, 5) is 0. The Kier molecular flexibility index (Phi) is 4.55. The van der Waals surface area contributed by atoms with Crippen LogP contribution in [0.4, 0.5) is 0 Å². The van der Waals surface area contributed by atoms with E-state index in [1.54, 1.807) is 0 Å². The molecule has 0 nitrogen and oxygen atoms in total. The summed E-state index contributed by atoms with van der Waals surface area (Å²) < 4.78 is 0. The van der Waals surface area contributed by atoms with Crippen molar-refractivity contribution < 1.29 is 0 Å². The number of hydrogen-bond acceptors (Lipinski definition) is 0. The summed E-state index contributed by atoms with van der Waals surface area (Å²) >= 11 is 0. The Labute approximate surface area is 83.4 Å². The highest BCUT2D eigenvalue weighted by Crippen LogP contribution is 2.39. The zero-order valence-corrected chi connectivity index (χ0v) is 9.42.